The highest BCUT2D eigenvalue weighted by atomic mass is 16.7. The first-order valence-electron chi connectivity index (χ1n) is 6.61. The van der Waals surface area contributed by atoms with Crippen molar-refractivity contribution in [1.29, 1.82) is 0 Å². The van der Waals surface area contributed by atoms with Crippen LogP contribution in [0.4, 0.5) is 0 Å². The lowest BCUT2D eigenvalue weighted by molar-refractivity contribution is -0.158. The molecule has 7 heteroatoms. The molecule has 0 radical (unpaired) electrons. The normalized spacial score (nSPS) is 26.6. The molecule has 0 aromatic heterocycles. The van der Waals surface area contributed by atoms with Crippen molar-refractivity contribution in [1.82, 2.24) is 0 Å². The molecule has 0 saturated carbocycles. The highest BCUT2D eigenvalue weighted by Crippen LogP contribution is 2.40. The van der Waals surface area contributed by atoms with Crippen LogP contribution >= 0.6 is 0 Å². The van der Waals surface area contributed by atoms with Gasteiger partial charge >= 0.3 is 11.9 Å². The van der Waals surface area contributed by atoms with Gasteiger partial charge in [-0.25, -0.2) is 9.59 Å². The molecule has 7 nitrogen and oxygen atoms in total. The van der Waals surface area contributed by atoms with E-state index in [1.54, 1.807) is 25.1 Å². The monoisotopic (exact) mass is 293 g/mol. The number of fused-ring (bicyclic) bond motifs is 1. The molecule has 1 saturated heterocycles. The maximum absolute atomic E-state index is 11.9. The first-order chi connectivity index (χ1) is 10.0. The average molecular weight is 293 g/mol. The van der Waals surface area contributed by atoms with E-state index in [4.69, 9.17) is 24.7 Å². The van der Waals surface area contributed by atoms with Crippen LogP contribution in [0.15, 0.2) is 18.2 Å². The van der Waals surface area contributed by atoms with Gasteiger partial charge in [-0.1, -0.05) is 6.07 Å². The maximum atomic E-state index is 11.9. The smallest absolute Gasteiger partial charge is 0.338 e. The van der Waals surface area contributed by atoms with Crippen molar-refractivity contribution in [2.45, 2.75) is 25.0 Å². The minimum absolute atomic E-state index is 0.0321. The van der Waals surface area contributed by atoms with Crippen LogP contribution in [0.3, 0.4) is 0 Å². The molecule has 1 fully saturated rings. The molecule has 112 valence electrons. The Labute approximate surface area is 120 Å². The van der Waals surface area contributed by atoms with Gasteiger partial charge < -0.3 is 24.7 Å². The number of carbonyl (C=O) groups is 2. The molecule has 1 aromatic carbocycles. The number of hydrogen-bond donors (Lipinski definition) is 1. The van der Waals surface area contributed by atoms with Crippen LogP contribution in [0.1, 0.15) is 25.0 Å². The summed E-state index contributed by atoms with van der Waals surface area (Å²) in [5, 5.41) is 0. The molecule has 2 aliphatic rings. The maximum Gasteiger partial charge on any atom is 0.338 e. The number of esters is 2. The van der Waals surface area contributed by atoms with Crippen molar-refractivity contribution in [3.8, 4) is 11.5 Å². The van der Waals surface area contributed by atoms with Gasteiger partial charge in [-0.15, -0.1) is 0 Å². The number of hydrogen-bond acceptors (Lipinski definition) is 7. The van der Waals surface area contributed by atoms with E-state index in [1.807, 2.05) is 0 Å². The first kappa shape index (κ1) is 13.7. The van der Waals surface area contributed by atoms with Crippen molar-refractivity contribution in [3.63, 3.8) is 0 Å². The molecule has 0 aliphatic carbocycles. The first-order valence-corrected chi connectivity index (χ1v) is 6.61. The topological polar surface area (TPSA) is 97.1 Å². The van der Waals surface area contributed by atoms with Gasteiger partial charge in [0, 0.05) is 6.42 Å². The zero-order valence-electron chi connectivity index (χ0n) is 11.5. The van der Waals surface area contributed by atoms with E-state index >= 15 is 0 Å². The number of benzene rings is 1. The second-order valence-corrected chi connectivity index (χ2v) is 4.90. The second kappa shape index (κ2) is 4.92. The van der Waals surface area contributed by atoms with Crippen molar-refractivity contribution in [2.75, 3.05) is 13.4 Å². The molecular weight excluding hydrogens is 278 g/mol. The molecule has 2 heterocycles. The van der Waals surface area contributed by atoms with Gasteiger partial charge in [0.2, 0.25) is 12.3 Å². The van der Waals surface area contributed by atoms with Crippen molar-refractivity contribution < 1.29 is 28.5 Å². The molecule has 0 unspecified atom stereocenters. The van der Waals surface area contributed by atoms with Gasteiger partial charge in [0.15, 0.2) is 11.5 Å². The van der Waals surface area contributed by atoms with E-state index in [0.29, 0.717) is 17.1 Å². The van der Waals surface area contributed by atoms with Gasteiger partial charge in [-0.05, 0) is 24.6 Å². The third kappa shape index (κ3) is 2.19. The fourth-order valence-corrected chi connectivity index (χ4v) is 2.38. The van der Waals surface area contributed by atoms with Crippen LogP contribution in [0.25, 0.3) is 0 Å². The van der Waals surface area contributed by atoms with E-state index in [2.05, 4.69) is 0 Å². The van der Waals surface area contributed by atoms with Gasteiger partial charge in [0.1, 0.15) is 6.10 Å². The summed E-state index contributed by atoms with van der Waals surface area (Å²) < 4.78 is 20.6. The SMILES string of the molecule is CCOC(=O)[C@]1(N)C[C@H](c2ccc3c(c2)OCO3)OC1=O. The number of rotatable bonds is 3. The van der Waals surface area contributed by atoms with E-state index in [0.717, 1.165) is 0 Å². The summed E-state index contributed by atoms with van der Waals surface area (Å²) in [7, 11) is 0. The third-order valence-corrected chi connectivity index (χ3v) is 3.53. The van der Waals surface area contributed by atoms with Crippen LogP contribution in [-0.2, 0) is 19.1 Å². The fourth-order valence-electron chi connectivity index (χ4n) is 2.38. The minimum Gasteiger partial charge on any atom is -0.464 e. The van der Waals surface area contributed by atoms with Crippen LogP contribution in [0, 0.1) is 0 Å². The van der Waals surface area contributed by atoms with Gasteiger partial charge in [0.25, 0.3) is 0 Å². The Morgan fingerprint density at radius 1 is 1.43 bits per heavy atom. The molecule has 0 spiro atoms. The van der Waals surface area contributed by atoms with Crippen molar-refractivity contribution in [3.05, 3.63) is 23.8 Å². The lowest BCUT2D eigenvalue weighted by atomic mass is 9.93. The van der Waals surface area contributed by atoms with Crippen molar-refractivity contribution >= 4 is 11.9 Å². The summed E-state index contributed by atoms with van der Waals surface area (Å²) in [6, 6.07) is 5.20. The Balaban J connectivity index is 1.83. The molecule has 0 bridgehead atoms. The van der Waals surface area contributed by atoms with Crippen LogP contribution in [0.2, 0.25) is 0 Å². The Kier molecular flexibility index (Phi) is 3.21. The largest absolute Gasteiger partial charge is 0.464 e. The summed E-state index contributed by atoms with van der Waals surface area (Å²) in [5.41, 5.74) is 4.81. The molecule has 2 atom stereocenters. The molecule has 21 heavy (non-hydrogen) atoms. The summed E-state index contributed by atoms with van der Waals surface area (Å²) >= 11 is 0. The Morgan fingerprint density at radius 3 is 2.95 bits per heavy atom. The van der Waals surface area contributed by atoms with Crippen LogP contribution in [-0.4, -0.2) is 30.9 Å². The third-order valence-electron chi connectivity index (χ3n) is 3.53. The Bertz CT molecular complexity index is 601. The Hall–Kier alpha value is -2.28. The zero-order chi connectivity index (χ0) is 15.0. The molecule has 2 N–H and O–H groups in total. The number of nitrogens with two attached hydrogens (primary N) is 1. The average Bonchev–Trinajstić information content (AvgIpc) is 3.04. The minimum atomic E-state index is -1.75. The zero-order valence-corrected chi connectivity index (χ0v) is 11.5. The highest BCUT2D eigenvalue weighted by molar-refractivity contribution is 6.06. The lowest BCUT2D eigenvalue weighted by Gasteiger charge is -2.16. The van der Waals surface area contributed by atoms with Crippen LogP contribution in [0.5, 0.6) is 11.5 Å². The summed E-state index contributed by atoms with van der Waals surface area (Å²) in [6.45, 7) is 1.96. The van der Waals surface area contributed by atoms with Gasteiger partial charge in [-0.3, -0.25) is 0 Å². The van der Waals surface area contributed by atoms with E-state index in [1.165, 1.54) is 0 Å². The number of carbonyl (C=O) groups excluding carboxylic acids is 2. The summed E-state index contributed by atoms with van der Waals surface area (Å²) in [6.07, 6.45) is -0.578. The predicted octanol–water partition coefficient (Wildman–Crippen LogP) is 0.664. The number of cyclic esters (lactones) is 1. The summed E-state index contributed by atoms with van der Waals surface area (Å²) in [4.78, 5) is 23.8. The van der Waals surface area contributed by atoms with E-state index in [9.17, 15) is 9.59 Å². The second-order valence-electron chi connectivity index (χ2n) is 4.90. The molecule has 2 aliphatic heterocycles. The fraction of sp³-hybridized carbons (Fsp3) is 0.429. The van der Waals surface area contributed by atoms with Crippen LogP contribution < -0.4 is 15.2 Å². The standard InChI is InChI=1S/C14H15NO6/c1-2-18-12(16)14(15)6-11(21-13(14)17)8-3-4-9-10(5-8)20-7-19-9/h3-5,11H,2,6-7,15H2,1H3/t11-,14-/m1/s1. The van der Waals surface area contributed by atoms with E-state index < -0.39 is 23.6 Å². The van der Waals surface area contributed by atoms with E-state index in [-0.39, 0.29) is 19.8 Å². The highest BCUT2D eigenvalue weighted by Gasteiger charge is 2.53. The quantitative estimate of drug-likeness (QED) is 0.646. The molecule has 1 aromatic rings. The molecular formula is C14H15NO6. The number of ether oxygens (including phenoxy) is 4. The predicted molar refractivity (Wildman–Crippen MR) is 69.6 cm³/mol. The summed E-state index contributed by atoms with van der Waals surface area (Å²) in [5.74, 6) is -0.330. The molecule has 0 amide bonds. The lowest BCUT2D eigenvalue weighted by Crippen LogP contribution is -2.52. The van der Waals surface area contributed by atoms with Crippen molar-refractivity contribution in [2.24, 2.45) is 5.73 Å². The Morgan fingerprint density at radius 2 is 2.19 bits per heavy atom. The van der Waals surface area contributed by atoms with Gasteiger partial charge in [0.05, 0.1) is 6.61 Å². The van der Waals surface area contributed by atoms with Gasteiger partial charge in [-0.2, -0.15) is 0 Å². The molecule has 3 rings (SSSR count).